The van der Waals surface area contributed by atoms with Crippen LogP contribution in [-0.4, -0.2) is 49.3 Å². The number of hydrogen-bond acceptors (Lipinski definition) is 6. The van der Waals surface area contributed by atoms with Crippen LogP contribution >= 0.6 is 0 Å². The monoisotopic (exact) mass is 376 g/mol. The van der Waals surface area contributed by atoms with Gasteiger partial charge in [-0.05, 0) is 60.5 Å². The zero-order valence-electron chi connectivity index (χ0n) is 15.7. The molecule has 1 atom stereocenters. The van der Waals surface area contributed by atoms with Crippen LogP contribution in [0.25, 0.3) is 0 Å². The SMILES string of the molecule is CC(C)(C)OC(=O)NS(=O)(=O)C=CC1CCCN1C(=O)OC(C)(C)C. The molecule has 0 aliphatic carbocycles. The van der Waals surface area contributed by atoms with E-state index in [1.807, 2.05) is 4.72 Å². The third kappa shape index (κ3) is 8.24. The predicted molar refractivity (Wildman–Crippen MR) is 93.4 cm³/mol. The van der Waals surface area contributed by atoms with Crippen LogP contribution in [0.2, 0.25) is 0 Å². The zero-order chi connectivity index (χ0) is 19.5. The molecule has 0 saturated carbocycles. The molecule has 1 rings (SSSR count). The molecule has 144 valence electrons. The first-order valence-electron chi connectivity index (χ1n) is 8.12. The van der Waals surface area contributed by atoms with E-state index >= 15 is 0 Å². The average molecular weight is 376 g/mol. The Hall–Kier alpha value is -1.77. The maximum absolute atomic E-state index is 12.2. The third-order valence-electron chi connectivity index (χ3n) is 3.03. The summed E-state index contributed by atoms with van der Waals surface area (Å²) >= 11 is 0. The molecule has 1 saturated heterocycles. The summed E-state index contributed by atoms with van der Waals surface area (Å²) in [6.45, 7) is 10.7. The van der Waals surface area contributed by atoms with Gasteiger partial charge in [-0.15, -0.1) is 0 Å². The van der Waals surface area contributed by atoms with Gasteiger partial charge < -0.3 is 14.4 Å². The molecule has 0 spiro atoms. The van der Waals surface area contributed by atoms with Crippen LogP contribution in [0.15, 0.2) is 11.5 Å². The van der Waals surface area contributed by atoms with Gasteiger partial charge in [0.15, 0.2) is 0 Å². The number of sulfonamides is 1. The number of rotatable bonds is 3. The Morgan fingerprint density at radius 2 is 1.64 bits per heavy atom. The Labute approximate surface area is 149 Å². The lowest BCUT2D eigenvalue weighted by Gasteiger charge is -2.27. The van der Waals surface area contributed by atoms with Crippen LogP contribution in [0.4, 0.5) is 9.59 Å². The van der Waals surface area contributed by atoms with Crippen molar-refractivity contribution < 1.29 is 27.5 Å². The van der Waals surface area contributed by atoms with E-state index in [4.69, 9.17) is 9.47 Å². The van der Waals surface area contributed by atoms with Crippen molar-refractivity contribution in [1.29, 1.82) is 0 Å². The molecule has 1 heterocycles. The molecular weight excluding hydrogens is 348 g/mol. The van der Waals surface area contributed by atoms with E-state index in [-0.39, 0.29) is 0 Å². The number of nitrogens with zero attached hydrogens (tertiary/aromatic N) is 1. The van der Waals surface area contributed by atoms with Crippen LogP contribution in [0.5, 0.6) is 0 Å². The van der Waals surface area contributed by atoms with Crippen LogP contribution < -0.4 is 4.72 Å². The zero-order valence-corrected chi connectivity index (χ0v) is 16.5. The first-order valence-corrected chi connectivity index (χ1v) is 9.67. The second-order valence-corrected chi connectivity index (χ2v) is 9.43. The molecule has 0 aromatic rings. The van der Waals surface area contributed by atoms with Gasteiger partial charge >= 0.3 is 12.2 Å². The Bertz CT molecular complexity index is 628. The first kappa shape index (κ1) is 21.3. The quantitative estimate of drug-likeness (QED) is 0.812. The van der Waals surface area contributed by atoms with Crippen molar-refractivity contribution in [1.82, 2.24) is 9.62 Å². The second kappa shape index (κ2) is 7.63. The molecule has 1 fully saturated rings. The maximum Gasteiger partial charge on any atom is 0.421 e. The molecule has 25 heavy (non-hydrogen) atoms. The lowest BCUT2D eigenvalue weighted by molar-refractivity contribution is 0.0255. The van der Waals surface area contributed by atoms with Gasteiger partial charge in [-0.3, -0.25) is 0 Å². The molecule has 1 unspecified atom stereocenters. The number of nitrogens with one attached hydrogen (secondary N) is 1. The summed E-state index contributed by atoms with van der Waals surface area (Å²) in [5.41, 5.74) is -1.43. The fourth-order valence-electron chi connectivity index (χ4n) is 2.18. The standard InChI is InChI=1S/C16H28N2O6S/c1-15(2,3)23-13(19)17-25(21,22)11-9-12-8-7-10-18(12)14(20)24-16(4,5)6/h9,11-12H,7-8,10H2,1-6H3,(H,17,19). The number of hydrogen-bond donors (Lipinski definition) is 1. The van der Waals surface area contributed by atoms with E-state index < -0.39 is 39.5 Å². The van der Waals surface area contributed by atoms with Crippen molar-refractivity contribution in [3.63, 3.8) is 0 Å². The van der Waals surface area contributed by atoms with Crippen LogP contribution in [0.3, 0.4) is 0 Å². The number of likely N-dealkylation sites (tertiary alicyclic amines) is 1. The van der Waals surface area contributed by atoms with Crippen molar-refractivity contribution in [2.45, 2.75) is 71.6 Å². The fraction of sp³-hybridized carbons (Fsp3) is 0.750. The molecule has 1 N–H and O–H groups in total. The Morgan fingerprint density at radius 3 is 2.16 bits per heavy atom. The van der Waals surface area contributed by atoms with E-state index in [1.54, 1.807) is 41.5 Å². The molecule has 9 heteroatoms. The van der Waals surface area contributed by atoms with Crippen molar-refractivity contribution in [2.24, 2.45) is 0 Å². The van der Waals surface area contributed by atoms with Crippen molar-refractivity contribution >= 4 is 22.2 Å². The number of carbonyl (C=O) groups excluding carboxylic acids is 2. The molecule has 0 radical (unpaired) electrons. The van der Waals surface area contributed by atoms with E-state index in [2.05, 4.69) is 0 Å². The summed E-state index contributed by atoms with van der Waals surface area (Å²) in [5.74, 6) is 0. The van der Waals surface area contributed by atoms with E-state index in [0.717, 1.165) is 11.8 Å². The van der Waals surface area contributed by atoms with Gasteiger partial charge in [0.05, 0.1) is 6.04 Å². The van der Waals surface area contributed by atoms with Crippen molar-refractivity contribution in [3.05, 3.63) is 11.5 Å². The second-order valence-electron chi connectivity index (χ2n) is 7.86. The van der Waals surface area contributed by atoms with E-state index in [9.17, 15) is 18.0 Å². The lowest BCUT2D eigenvalue weighted by atomic mass is 10.2. The highest BCUT2D eigenvalue weighted by Gasteiger charge is 2.31. The van der Waals surface area contributed by atoms with Gasteiger partial charge in [-0.25, -0.2) is 22.7 Å². The van der Waals surface area contributed by atoms with Crippen LogP contribution in [0, 0.1) is 0 Å². The molecule has 0 aromatic carbocycles. The normalized spacial score (nSPS) is 19.1. The molecule has 8 nitrogen and oxygen atoms in total. The van der Waals surface area contributed by atoms with Crippen LogP contribution in [-0.2, 0) is 19.5 Å². The number of ether oxygens (including phenoxy) is 2. The third-order valence-corrected chi connectivity index (χ3v) is 4.00. The van der Waals surface area contributed by atoms with E-state index in [0.29, 0.717) is 13.0 Å². The topological polar surface area (TPSA) is 102 Å². The highest BCUT2D eigenvalue weighted by molar-refractivity contribution is 7.92. The molecule has 1 aliphatic rings. The van der Waals surface area contributed by atoms with Crippen LogP contribution in [0.1, 0.15) is 54.4 Å². The van der Waals surface area contributed by atoms with Gasteiger partial charge in [0, 0.05) is 12.0 Å². The molecule has 0 bridgehead atoms. The Balaban J connectivity index is 2.72. The molecule has 0 aromatic heterocycles. The molecule has 2 amide bonds. The predicted octanol–water partition coefficient (Wildman–Crippen LogP) is 2.75. The smallest absolute Gasteiger partial charge is 0.421 e. The highest BCUT2D eigenvalue weighted by Crippen LogP contribution is 2.22. The summed E-state index contributed by atoms with van der Waals surface area (Å²) in [6.07, 6.45) is 1.21. The Kier molecular flexibility index (Phi) is 6.50. The van der Waals surface area contributed by atoms with Gasteiger partial charge in [0.2, 0.25) is 0 Å². The summed E-state index contributed by atoms with van der Waals surface area (Å²) in [6, 6.07) is -0.398. The summed E-state index contributed by atoms with van der Waals surface area (Å²) < 4.78 is 35.9. The number of amides is 2. The number of carbonyl (C=O) groups is 2. The minimum atomic E-state index is -4.01. The summed E-state index contributed by atoms with van der Waals surface area (Å²) in [4.78, 5) is 25.2. The van der Waals surface area contributed by atoms with Crippen molar-refractivity contribution in [3.8, 4) is 0 Å². The van der Waals surface area contributed by atoms with Crippen molar-refractivity contribution in [2.75, 3.05) is 6.54 Å². The maximum atomic E-state index is 12.2. The average Bonchev–Trinajstić information content (AvgIpc) is 2.79. The Morgan fingerprint density at radius 1 is 1.08 bits per heavy atom. The lowest BCUT2D eigenvalue weighted by Crippen LogP contribution is -2.39. The first-order chi connectivity index (χ1) is 11.2. The van der Waals surface area contributed by atoms with Gasteiger partial charge in [-0.1, -0.05) is 0 Å². The van der Waals surface area contributed by atoms with Gasteiger partial charge in [-0.2, -0.15) is 0 Å². The summed E-state index contributed by atoms with van der Waals surface area (Å²) in [7, 11) is -4.01. The van der Waals surface area contributed by atoms with Gasteiger partial charge in [0.25, 0.3) is 10.0 Å². The largest absolute Gasteiger partial charge is 0.444 e. The molecule has 1 aliphatic heterocycles. The fourth-order valence-corrected chi connectivity index (χ4v) is 2.91. The molecular formula is C16H28N2O6S. The van der Waals surface area contributed by atoms with Gasteiger partial charge in [0.1, 0.15) is 11.2 Å². The van der Waals surface area contributed by atoms with E-state index in [1.165, 1.54) is 11.0 Å². The minimum Gasteiger partial charge on any atom is -0.444 e. The minimum absolute atomic E-state index is 0.398. The highest BCUT2D eigenvalue weighted by atomic mass is 32.2. The summed E-state index contributed by atoms with van der Waals surface area (Å²) in [5, 5.41) is 0.879.